The van der Waals surface area contributed by atoms with E-state index in [1.807, 2.05) is 12.1 Å². The molecule has 0 amide bonds. The second kappa shape index (κ2) is 12.4. The molecule has 0 saturated carbocycles. The van der Waals surface area contributed by atoms with E-state index in [0.717, 1.165) is 71.5 Å². The Morgan fingerprint density at radius 3 is 1.85 bits per heavy atom. The summed E-state index contributed by atoms with van der Waals surface area (Å²) in [5, 5.41) is 11.3. The highest BCUT2D eigenvalue weighted by molar-refractivity contribution is 7.25. The van der Waals surface area contributed by atoms with Gasteiger partial charge in [-0.25, -0.2) is 15.0 Å². The molecule has 0 aliphatic carbocycles. The van der Waals surface area contributed by atoms with E-state index in [0.29, 0.717) is 17.5 Å². The van der Waals surface area contributed by atoms with Crippen molar-refractivity contribution in [1.82, 2.24) is 19.5 Å². The molecule has 6 heteroatoms. The van der Waals surface area contributed by atoms with Crippen LogP contribution in [0.25, 0.3) is 125 Å². The third-order valence-corrected chi connectivity index (χ3v) is 13.0. The predicted octanol–water partition coefficient (Wildman–Crippen LogP) is 14.5. The summed E-state index contributed by atoms with van der Waals surface area (Å²) in [6.45, 7) is 0. The molecule has 0 saturated heterocycles. The van der Waals surface area contributed by atoms with Gasteiger partial charge in [0.05, 0.1) is 22.1 Å². The van der Waals surface area contributed by atoms with Crippen molar-refractivity contribution in [3.05, 3.63) is 182 Å². The van der Waals surface area contributed by atoms with E-state index in [1.54, 1.807) is 11.3 Å². The lowest BCUT2D eigenvalue weighted by Gasteiger charge is -2.16. The summed E-state index contributed by atoms with van der Waals surface area (Å²) in [5.74, 6) is 1.83. The van der Waals surface area contributed by atoms with Gasteiger partial charge in [-0.1, -0.05) is 133 Å². The third kappa shape index (κ3) is 4.81. The van der Waals surface area contributed by atoms with Crippen molar-refractivity contribution in [2.75, 3.05) is 0 Å². The lowest BCUT2D eigenvalue weighted by molar-refractivity contribution is 0.669. The number of furan rings is 1. The number of thiophene rings is 1. The fourth-order valence-corrected chi connectivity index (χ4v) is 10.4. The molecule has 0 fully saturated rings. The molecule has 0 unspecified atom stereocenters. The molecule has 0 radical (unpaired) electrons. The van der Waals surface area contributed by atoms with Crippen LogP contribution in [0.4, 0.5) is 0 Å². The zero-order chi connectivity index (χ0) is 38.6. The normalized spacial score (nSPS) is 12.1. The standard InChI is InChI=1S/C53H30N4OS/c1-2-15-33-30-43-41(29-32(33)14-1)35-18-5-8-23-42(35)57(43)50-40(27-28-45-49(50)37-19-6-9-24-44(37)58-45)53-55-51(36-21-11-16-31-13-3-4-17-34(31)36)54-52(56-53)39-22-12-26-47-48(39)38-20-7-10-25-46(38)59-47/h1-30H. The van der Waals surface area contributed by atoms with E-state index >= 15 is 0 Å². The Labute approximate surface area is 341 Å². The van der Waals surface area contributed by atoms with Gasteiger partial charge in [-0.15, -0.1) is 11.3 Å². The van der Waals surface area contributed by atoms with Crippen molar-refractivity contribution in [2.24, 2.45) is 0 Å². The van der Waals surface area contributed by atoms with Crippen LogP contribution in [0.1, 0.15) is 0 Å². The van der Waals surface area contributed by atoms with Gasteiger partial charge in [-0.2, -0.15) is 0 Å². The number of rotatable bonds is 4. The summed E-state index contributed by atoms with van der Waals surface area (Å²) < 4.78 is 11.5. The molecule has 0 atom stereocenters. The molecule has 13 rings (SSSR count). The van der Waals surface area contributed by atoms with Gasteiger partial charge in [0.2, 0.25) is 0 Å². The predicted molar refractivity (Wildman–Crippen MR) is 246 cm³/mol. The molecule has 0 spiro atoms. The van der Waals surface area contributed by atoms with E-state index in [1.165, 1.54) is 36.3 Å². The quantitative estimate of drug-likeness (QED) is 0.179. The maximum Gasteiger partial charge on any atom is 0.166 e. The molecular formula is C53H30N4OS. The second-order valence-electron chi connectivity index (χ2n) is 15.1. The minimum absolute atomic E-state index is 0.586. The van der Waals surface area contributed by atoms with Crippen molar-refractivity contribution in [2.45, 2.75) is 0 Å². The summed E-state index contributed by atoms with van der Waals surface area (Å²) in [4.78, 5) is 16.3. The number of hydrogen-bond donors (Lipinski definition) is 0. The third-order valence-electron chi connectivity index (χ3n) is 11.8. The first kappa shape index (κ1) is 32.4. The van der Waals surface area contributed by atoms with Crippen molar-refractivity contribution in [3.8, 4) is 39.9 Å². The molecule has 0 aliphatic rings. The molecule has 274 valence electrons. The monoisotopic (exact) mass is 770 g/mol. The maximum atomic E-state index is 6.63. The highest BCUT2D eigenvalue weighted by Crippen LogP contribution is 2.45. The van der Waals surface area contributed by atoms with E-state index in [2.05, 4.69) is 174 Å². The summed E-state index contributed by atoms with van der Waals surface area (Å²) in [5.41, 5.74) is 7.60. The molecular weight excluding hydrogens is 741 g/mol. The van der Waals surface area contributed by atoms with Crippen LogP contribution in [0.3, 0.4) is 0 Å². The Balaban J connectivity index is 1.20. The van der Waals surface area contributed by atoms with Crippen molar-refractivity contribution in [3.63, 3.8) is 0 Å². The van der Waals surface area contributed by atoms with Crippen LogP contribution < -0.4 is 0 Å². The van der Waals surface area contributed by atoms with Crippen molar-refractivity contribution < 1.29 is 4.42 Å². The molecule has 4 heterocycles. The molecule has 4 aromatic heterocycles. The number of fused-ring (bicyclic) bond motifs is 11. The minimum Gasteiger partial charge on any atom is -0.456 e. The summed E-state index contributed by atoms with van der Waals surface area (Å²) in [6.07, 6.45) is 0. The van der Waals surface area contributed by atoms with Gasteiger partial charge in [0, 0.05) is 53.0 Å². The van der Waals surface area contributed by atoms with Gasteiger partial charge >= 0.3 is 0 Å². The first-order valence-electron chi connectivity index (χ1n) is 19.8. The van der Waals surface area contributed by atoms with Crippen LogP contribution in [0.5, 0.6) is 0 Å². The summed E-state index contributed by atoms with van der Waals surface area (Å²) in [7, 11) is 0. The molecule has 5 nitrogen and oxygen atoms in total. The number of benzene rings is 9. The van der Waals surface area contributed by atoms with Gasteiger partial charge in [0.15, 0.2) is 17.5 Å². The molecule has 59 heavy (non-hydrogen) atoms. The number of hydrogen-bond acceptors (Lipinski definition) is 5. The SMILES string of the molecule is c1ccc2cc3c(cc2c1)c1ccccc1n3-c1c(-c2nc(-c3cccc4ccccc34)nc(-c3cccc4sc5ccccc5c34)n2)ccc2oc3ccccc3c12. The van der Waals surface area contributed by atoms with Crippen LogP contribution in [0.2, 0.25) is 0 Å². The van der Waals surface area contributed by atoms with Gasteiger partial charge < -0.3 is 8.98 Å². The molecule has 0 aliphatic heterocycles. The van der Waals surface area contributed by atoms with Gasteiger partial charge in [0.1, 0.15) is 11.2 Å². The van der Waals surface area contributed by atoms with E-state index in [4.69, 9.17) is 19.4 Å². The number of nitrogens with zero attached hydrogens (tertiary/aromatic N) is 4. The lowest BCUT2D eigenvalue weighted by Crippen LogP contribution is -2.04. The highest BCUT2D eigenvalue weighted by atomic mass is 32.1. The molecule has 9 aromatic carbocycles. The van der Waals surface area contributed by atoms with Crippen LogP contribution in [0.15, 0.2) is 186 Å². The zero-order valence-corrected chi connectivity index (χ0v) is 32.2. The average molecular weight is 771 g/mol. The Kier molecular flexibility index (Phi) is 6.82. The topological polar surface area (TPSA) is 56.7 Å². The Morgan fingerprint density at radius 2 is 0.983 bits per heavy atom. The van der Waals surface area contributed by atoms with Crippen LogP contribution in [-0.2, 0) is 0 Å². The maximum absolute atomic E-state index is 6.63. The van der Waals surface area contributed by atoms with Crippen molar-refractivity contribution >= 4 is 96.8 Å². The second-order valence-corrected chi connectivity index (χ2v) is 16.2. The van der Waals surface area contributed by atoms with Crippen LogP contribution in [-0.4, -0.2) is 19.5 Å². The zero-order valence-electron chi connectivity index (χ0n) is 31.4. The molecule has 0 N–H and O–H groups in total. The van der Waals surface area contributed by atoms with Gasteiger partial charge in [0.25, 0.3) is 0 Å². The van der Waals surface area contributed by atoms with E-state index in [9.17, 15) is 0 Å². The van der Waals surface area contributed by atoms with E-state index < -0.39 is 0 Å². The number of aromatic nitrogens is 4. The summed E-state index contributed by atoms with van der Waals surface area (Å²) >= 11 is 1.80. The van der Waals surface area contributed by atoms with Gasteiger partial charge in [-0.3, -0.25) is 0 Å². The minimum atomic E-state index is 0.586. The first-order valence-corrected chi connectivity index (χ1v) is 20.6. The Morgan fingerprint density at radius 1 is 0.373 bits per heavy atom. The largest absolute Gasteiger partial charge is 0.456 e. The fourth-order valence-electron chi connectivity index (χ4n) is 9.23. The van der Waals surface area contributed by atoms with Crippen LogP contribution >= 0.6 is 11.3 Å². The average Bonchev–Trinajstić information content (AvgIpc) is 3.97. The Hall–Kier alpha value is -7.67. The lowest BCUT2D eigenvalue weighted by atomic mass is 10.0. The Bertz CT molecular complexity index is 3870. The first-order chi connectivity index (χ1) is 29.2. The molecule has 13 aromatic rings. The summed E-state index contributed by atoms with van der Waals surface area (Å²) in [6, 6.07) is 64.3. The smallest absolute Gasteiger partial charge is 0.166 e. The fraction of sp³-hybridized carbons (Fsp3) is 0. The van der Waals surface area contributed by atoms with E-state index in [-0.39, 0.29) is 0 Å². The van der Waals surface area contributed by atoms with Crippen molar-refractivity contribution in [1.29, 1.82) is 0 Å². The highest BCUT2D eigenvalue weighted by Gasteiger charge is 2.25. The van der Waals surface area contributed by atoms with Crippen LogP contribution in [0, 0.1) is 0 Å². The molecule has 0 bridgehead atoms. The number of para-hydroxylation sites is 2. The van der Waals surface area contributed by atoms with Gasteiger partial charge in [-0.05, 0) is 70.1 Å².